The zero-order valence-electron chi connectivity index (χ0n) is 7.30. The van der Waals surface area contributed by atoms with Gasteiger partial charge < -0.3 is 10.4 Å². The Labute approximate surface area is 84.0 Å². The summed E-state index contributed by atoms with van der Waals surface area (Å²) in [6.45, 7) is -0.0625. The van der Waals surface area contributed by atoms with Crippen molar-refractivity contribution < 1.29 is 9.90 Å². The molecule has 14 heavy (non-hydrogen) atoms. The first kappa shape index (κ1) is 9.17. The summed E-state index contributed by atoms with van der Waals surface area (Å²) in [5.74, 6) is -0.371. The summed E-state index contributed by atoms with van der Waals surface area (Å²) in [6, 6.07) is 0. The third kappa shape index (κ3) is 1.61. The van der Waals surface area contributed by atoms with Crippen LogP contribution in [0.2, 0.25) is 0 Å². The molecule has 0 spiro atoms. The van der Waals surface area contributed by atoms with E-state index in [1.54, 1.807) is 23.9 Å². The molecule has 0 aromatic carbocycles. The predicted molar refractivity (Wildman–Crippen MR) is 52.0 cm³/mol. The van der Waals surface area contributed by atoms with Crippen LogP contribution < -0.4 is 5.32 Å². The third-order valence-electron chi connectivity index (χ3n) is 1.84. The lowest BCUT2D eigenvalue weighted by Gasteiger charge is -2.01. The molecule has 2 aromatic rings. The molecule has 0 atom stereocenters. The molecule has 0 aliphatic rings. The van der Waals surface area contributed by atoms with Crippen LogP contribution in [0.3, 0.4) is 0 Å². The average Bonchev–Trinajstić information content (AvgIpc) is 2.76. The SMILES string of the molecule is O=C(CO)NCc1csc2cncn12. The monoisotopic (exact) mass is 211 g/mol. The predicted octanol–water partition coefficient (Wildman–Crippen LogP) is 0.00430. The highest BCUT2D eigenvalue weighted by atomic mass is 32.1. The van der Waals surface area contributed by atoms with E-state index < -0.39 is 6.61 Å². The molecular weight excluding hydrogens is 202 g/mol. The molecule has 0 aliphatic carbocycles. The number of carbonyl (C=O) groups excluding carboxylic acids is 1. The van der Waals surface area contributed by atoms with Crippen LogP contribution in [0.1, 0.15) is 5.69 Å². The van der Waals surface area contributed by atoms with Crippen LogP contribution in [0.25, 0.3) is 4.83 Å². The van der Waals surface area contributed by atoms with Crippen LogP contribution >= 0.6 is 11.3 Å². The van der Waals surface area contributed by atoms with Gasteiger partial charge in [0, 0.05) is 5.38 Å². The zero-order valence-corrected chi connectivity index (χ0v) is 8.12. The number of aromatic nitrogens is 2. The second-order valence-electron chi connectivity index (χ2n) is 2.76. The Hall–Kier alpha value is -1.40. The molecule has 1 amide bonds. The number of fused-ring (bicyclic) bond motifs is 1. The van der Waals surface area contributed by atoms with E-state index in [1.165, 1.54) is 0 Å². The Morgan fingerprint density at radius 1 is 1.71 bits per heavy atom. The number of amides is 1. The summed E-state index contributed by atoms with van der Waals surface area (Å²) in [6.07, 6.45) is 3.47. The van der Waals surface area contributed by atoms with E-state index in [9.17, 15) is 4.79 Å². The molecule has 2 heterocycles. The summed E-state index contributed by atoms with van der Waals surface area (Å²) in [5, 5.41) is 13.0. The minimum atomic E-state index is -0.475. The van der Waals surface area contributed by atoms with E-state index in [-0.39, 0.29) is 5.91 Å². The fourth-order valence-corrected chi connectivity index (χ4v) is 2.00. The number of hydrogen-bond acceptors (Lipinski definition) is 4. The third-order valence-corrected chi connectivity index (χ3v) is 2.77. The van der Waals surface area contributed by atoms with Crippen molar-refractivity contribution in [3.05, 3.63) is 23.6 Å². The van der Waals surface area contributed by atoms with Crippen LogP contribution in [0.5, 0.6) is 0 Å². The number of aliphatic hydroxyl groups excluding tert-OH is 1. The molecule has 2 N–H and O–H groups in total. The maximum Gasteiger partial charge on any atom is 0.246 e. The summed E-state index contributed by atoms with van der Waals surface area (Å²) in [4.78, 5) is 15.8. The van der Waals surface area contributed by atoms with Crippen LogP contribution in [-0.2, 0) is 11.3 Å². The van der Waals surface area contributed by atoms with E-state index in [0.29, 0.717) is 6.54 Å². The van der Waals surface area contributed by atoms with E-state index in [1.807, 2.05) is 9.78 Å². The molecule has 2 rings (SSSR count). The number of carbonyl (C=O) groups is 1. The Morgan fingerprint density at radius 3 is 3.36 bits per heavy atom. The Morgan fingerprint density at radius 2 is 2.57 bits per heavy atom. The van der Waals surface area contributed by atoms with Crippen molar-refractivity contribution in [1.82, 2.24) is 14.7 Å². The lowest BCUT2D eigenvalue weighted by atomic mass is 10.4. The Kier molecular flexibility index (Phi) is 2.47. The molecular formula is C8H9N3O2S. The number of thiazole rings is 1. The van der Waals surface area contributed by atoms with Gasteiger partial charge in [-0.3, -0.25) is 9.20 Å². The van der Waals surface area contributed by atoms with Crippen LogP contribution in [-0.4, -0.2) is 27.0 Å². The van der Waals surface area contributed by atoms with Gasteiger partial charge in [0.05, 0.1) is 18.4 Å². The van der Waals surface area contributed by atoms with Crippen molar-refractivity contribution >= 4 is 22.1 Å². The number of aliphatic hydroxyl groups is 1. The highest BCUT2D eigenvalue weighted by molar-refractivity contribution is 7.15. The van der Waals surface area contributed by atoms with Gasteiger partial charge in [-0.1, -0.05) is 0 Å². The summed E-state index contributed by atoms with van der Waals surface area (Å²) >= 11 is 1.57. The fraction of sp³-hybridized carbons (Fsp3) is 0.250. The number of hydrogen-bond donors (Lipinski definition) is 2. The van der Waals surface area contributed by atoms with Crippen molar-refractivity contribution in [2.75, 3.05) is 6.61 Å². The fourth-order valence-electron chi connectivity index (χ4n) is 1.14. The molecule has 5 nitrogen and oxygen atoms in total. The van der Waals surface area contributed by atoms with Crippen LogP contribution in [0, 0.1) is 0 Å². The average molecular weight is 211 g/mol. The highest BCUT2D eigenvalue weighted by Crippen LogP contribution is 2.14. The van der Waals surface area contributed by atoms with Gasteiger partial charge in [-0.25, -0.2) is 4.98 Å². The minimum absolute atomic E-state index is 0.371. The maximum absolute atomic E-state index is 10.8. The first-order valence-electron chi connectivity index (χ1n) is 4.07. The van der Waals surface area contributed by atoms with Gasteiger partial charge in [0.15, 0.2) is 0 Å². The first-order valence-corrected chi connectivity index (χ1v) is 4.95. The van der Waals surface area contributed by atoms with Gasteiger partial charge in [0.1, 0.15) is 17.8 Å². The molecule has 0 fully saturated rings. The second kappa shape index (κ2) is 3.77. The van der Waals surface area contributed by atoms with Crippen molar-refractivity contribution in [2.45, 2.75) is 6.54 Å². The lowest BCUT2D eigenvalue weighted by Crippen LogP contribution is -2.26. The normalized spacial score (nSPS) is 10.6. The standard InChI is InChI=1S/C8H9N3O2S/c12-3-7(13)10-1-6-4-14-8-2-9-5-11(6)8/h2,4-5,12H,1,3H2,(H,10,13). The zero-order chi connectivity index (χ0) is 9.97. The van der Waals surface area contributed by atoms with Crippen LogP contribution in [0.4, 0.5) is 0 Å². The molecule has 0 saturated carbocycles. The van der Waals surface area contributed by atoms with E-state index in [0.717, 1.165) is 10.5 Å². The smallest absolute Gasteiger partial charge is 0.246 e. The van der Waals surface area contributed by atoms with Gasteiger partial charge in [0.25, 0.3) is 0 Å². The molecule has 0 bridgehead atoms. The van der Waals surface area contributed by atoms with E-state index in [4.69, 9.17) is 5.11 Å². The quantitative estimate of drug-likeness (QED) is 0.751. The summed E-state index contributed by atoms with van der Waals surface area (Å²) in [7, 11) is 0. The number of imidazole rings is 1. The minimum Gasteiger partial charge on any atom is -0.387 e. The molecule has 0 radical (unpaired) electrons. The van der Waals surface area contributed by atoms with E-state index >= 15 is 0 Å². The largest absolute Gasteiger partial charge is 0.387 e. The maximum atomic E-state index is 10.8. The molecule has 74 valence electrons. The summed E-state index contributed by atoms with van der Waals surface area (Å²) in [5.41, 5.74) is 0.962. The van der Waals surface area contributed by atoms with Crippen molar-refractivity contribution in [1.29, 1.82) is 0 Å². The number of nitrogens with zero attached hydrogens (tertiary/aromatic N) is 2. The van der Waals surface area contributed by atoms with Crippen molar-refractivity contribution in [3.8, 4) is 0 Å². The van der Waals surface area contributed by atoms with Gasteiger partial charge in [-0.15, -0.1) is 11.3 Å². The van der Waals surface area contributed by atoms with Gasteiger partial charge in [0.2, 0.25) is 5.91 Å². The van der Waals surface area contributed by atoms with Gasteiger partial charge >= 0.3 is 0 Å². The molecule has 0 saturated heterocycles. The molecule has 2 aromatic heterocycles. The van der Waals surface area contributed by atoms with E-state index in [2.05, 4.69) is 10.3 Å². The van der Waals surface area contributed by atoms with Gasteiger partial charge in [-0.2, -0.15) is 0 Å². The van der Waals surface area contributed by atoms with Gasteiger partial charge in [-0.05, 0) is 0 Å². The summed E-state index contributed by atoms with van der Waals surface area (Å²) < 4.78 is 1.91. The first-order chi connectivity index (χ1) is 6.81. The van der Waals surface area contributed by atoms with Crippen LogP contribution in [0.15, 0.2) is 17.9 Å². The molecule has 0 unspecified atom stereocenters. The molecule has 0 aliphatic heterocycles. The topological polar surface area (TPSA) is 66.6 Å². The number of rotatable bonds is 3. The second-order valence-corrected chi connectivity index (χ2v) is 3.65. The Bertz CT molecular complexity index is 448. The Balaban J connectivity index is 2.11. The lowest BCUT2D eigenvalue weighted by molar-refractivity contribution is -0.123. The number of nitrogens with one attached hydrogen (secondary N) is 1. The van der Waals surface area contributed by atoms with Crippen molar-refractivity contribution in [3.63, 3.8) is 0 Å². The van der Waals surface area contributed by atoms with Crippen molar-refractivity contribution in [2.24, 2.45) is 0 Å². The highest BCUT2D eigenvalue weighted by Gasteiger charge is 2.04. The molecule has 6 heteroatoms.